The smallest absolute Gasteiger partial charge is 0.207 e. The summed E-state index contributed by atoms with van der Waals surface area (Å²) in [4.78, 5) is -3.66. The molecule has 0 unspecified atom stereocenters. The minimum absolute atomic E-state index is 0.785. The van der Waals surface area contributed by atoms with Gasteiger partial charge < -0.3 is 0 Å². The third-order valence-electron chi connectivity index (χ3n) is 0.321. The summed E-state index contributed by atoms with van der Waals surface area (Å²) in [6, 6.07) is 0. The molecule has 0 radical (unpaired) electrons. The fourth-order valence-corrected chi connectivity index (χ4v) is 0. The van der Waals surface area contributed by atoms with Crippen molar-refractivity contribution >= 4 is 50.1 Å². The van der Waals surface area contributed by atoms with E-state index in [-0.39, 0.29) is 0 Å². The zero-order valence-corrected chi connectivity index (χ0v) is 7.77. The van der Waals surface area contributed by atoms with Gasteiger partial charge in [-0.15, -0.1) is 0 Å². The van der Waals surface area contributed by atoms with Crippen LogP contribution in [0.25, 0.3) is 0 Å². The van der Waals surface area contributed by atoms with Crippen molar-refractivity contribution < 1.29 is 13.2 Å². The Morgan fingerprint density at radius 2 is 1.50 bits per heavy atom. The van der Waals surface area contributed by atoms with E-state index in [1.165, 1.54) is 0 Å². The highest BCUT2D eigenvalue weighted by molar-refractivity contribution is 14.1. The van der Waals surface area contributed by atoms with Crippen molar-refractivity contribution in [2.75, 3.05) is 0 Å². The monoisotopic (exact) mass is 322 g/mol. The highest BCUT2D eigenvalue weighted by Gasteiger charge is 2.49. The summed E-state index contributed by atoms with van der Waals surface area (Å²) in [6.45, 7) is 0. The van der Waals surface area contributed by atoms with Crippen LogP contribution in [-0.4, -0.2) is 7.97 Å². The number of hydrogen-bond donors (Lipinski definition) is 0. The fraction of sp³-hybridized carbons (Fsp3) is 1.00. The van der Waals surface area contributed by atoms with Gasteiger partial charge in [-0.05, 0) is 38.5 Å². The summed E-state index contributed by atoms with van der Waals surface area (Å²) < 4.78 is 32.1. The molecule has 0 bridgehead atoms. The Balaban J connectivity index is 4.02. The Morgan fingerprint density at radius 1 is 1.38 bits per heavy atom. The molecular formula is C2BrClF3I. The van der Waals surface area contributed by atoms with Gasteiger partial charge in [0.1, 0.15) is 0 Å². The van der Waals surface area contributed by atoms with Crippen LogP contribution in [0.1, 0.15) is 0 Å². The molecule has 6 heteroatoms. The van der Waals surface area contributed by atoms with Crippen molar-refractivity contribution in [2.45, 2.75) is 7.97 Å². The van der Waals surface area contributed by atoms with Gasteiger partial charge in [0.05, 0.1) is 0 Å². The molecular weight excluding hydrogens is 323 g/mol. The Bertz CT molecular complexity index is 72.3. The first kappa shape index (κ1) is 9.29. The Hall–Kier alpha value is 1.29. The van der Waals surface area contributed by atoms with Gasteiger partial charge in [0.25, 0.3) is 0 Å². The molecule has 0 aliphatic rings. The lowest BCUT2D eigenvalue weighted by Gasteiger charge is -2.14. The fourth-order valence-electron chi connectivity index (χ4n) is 0. The second-order valence-electron chi connectivity index (χ2n) is 0.996. The highest BCUT2D eigenvalue weighted by Crippen LogP contribution is 2.45. The number of rotatable bonds is 1. The van der Waals surface area contributed by atoms with Crippen LogP contribution in [-0.2, 0) is 0 Å². The first-order chi connectivity index (χ1) is 3.25. The molecule has 0 aromatic rings. The molecule has 0 spiro atoms. The largest absolute Gasteiger partial charge is 0.357 e. The maximum Gasteiger partial charge on any atom is 0.357 e. The summed E-state index contributed by atoms with van der Waals surface area (Å²) in [5.41, 5.74) is 0. The van der Waals surface area contributed by atoms with Gasteiger partial charge in [0.2, 0.25) is 0 Å². The van der Waals surface area contributed by atoms with Crippen LogP contribution in [0.5, 0.6) is 0 Å². The van der Waals surface area contributed by atoms with Crippen molar-refractivity contribution in [3.63, 3.8) is 0 Å². The predicted octanol–water partition coefficient (Wildman–Crippen LogP) is 3.27. The molecule has 0 aliphatic heterocycles. The van der Waals surface area contributed by atoms with Crippen LogP contribution in [0.4, 0.5) is 13.2 Å². The van der Waals surface area contributed by atoms with Crippen LogP contribution < -0.4 is 0 Å². The third kappa shape index (κ3) is 2.72. The second-order valence-corrected chi connectivity index (χ2v) is 4.64. The van der Waals surface area contributed by atoms with E-state index in [1.54, 1.807) is 15.9 Å². The van der Waals surface area contributed by atoms with Crippen molar-refractivity contribution in [3.8, 4) is 0 Å². The molecule has 0 aromatic heterocycles. The number of alkyl halides is 6. The summed E-state index contributed by atoms with van der Waals surface area (Å²) in [5, 5.41) is 0. The van der Waals surface area contributed by atoms with Crippen LogP contribution in [0.2, 0.25) is 0 Å². The molecule has 0 N–H and O–H groups in total. The lowest BCUT2D eigenvalue weighted by molar-refractivity contribution is 0.0531. The molecule has 0 aromatic carbocycles. The minimum atomic E-state index is -3.66. The summed E-state index contributed by atoms with van der Waals surface area (Å²) >= 11 is 7.07. The lowest BCUT2D eigenvalue weighted by Crippen LogP contribution is -2.25. The second kappa shape index (κ2) is 2.49. The predicted molar refractivity (Wildman–Crippen MR) is 37.6 cm³/mol. The van der Waals surface area contributed by atoms with Crippen LogP contribution in [0.15, 0.2) is 0 Å². The van der Waals surface area contributed by atoms with Gasteiger partial charge in [-0.2, -0.15) is 8.78 Å². The van der Waals surface area contributed by atoms with Crippen molar-refractivity contribution in [2.24, 2.45) is 0 Å². The van der Waals surface area contributed by atoms with Crippen molar-refractivity contribution in [1.29, 1.82) is 0 Å². The molecule has 0 fully saturated rings. The third-order valence-corrected chi connectivity index (χ3v) is 2.75. The Morgan fingerprint density at radius 3 is 1.50 bits per heavy atom. The van der Waals surface area contributed by atoms with E-state index in [2.05, 4.69) is 11.6 Å². The van der Waals surface area contributed by atoms with Gasteiger partial charge in [0, 0.05) is 0 Å². The normalized spacial score (nSPS) is 20.2. The highest BCUT2D eigenvalue weighted by atomic mass is 127. The van der Waals surface area contributed by atoms with E-state index in [1.807, 2.05) is 0 Å². The molecule has 0 saturated carbocycles. The lowest BCUT2D eigenvalue weighted by atomic mass is 10.8. The maximum absolute atomic E-state index is 11.9. The molecule has 0 heterocycles. The molecule has 0 nitrogen and oxygen atoms in total. The summed E-state index contributed by atoms with van der Waals surface area (Å²) in [5.74, 6) is 0. The molecule has 50 valence electrons. The van der Waals surface area contributed by atoms with Crippen LogP contribution in [0, 0.1) is 0 Å². The first-order valence-corrected chi connectivity index (χ1v) is 3.63. The van der Waals surface area contributed by atoms with Crippen molar-refractivity contribution in [1.82, 2.24) is 0 Å². The molecule has 0 rings (SSSR count). The summed E-state index contributed by atoms with van der Waals surface area (Å²) in [6.07, 6.45) is 0. The summed E-state index contributed by atoms with van der Waals surface area (Å²) in [7, 11) is 0. The first-order valence-electron chi connectivity index (χ1n) is 1.38. The van der Waals surface area contributed by atoms with E-state index in [4.69, 9.17) is 0 Å². The maximum atomic E-state index is 11.9. The number of halogens is 6. The minimum Gasteiger partial charge on any atom is -0.207 e. The van der Waals surface area contributed by atoms with Crippen LogP contribution >= 0.6 is 50.1 Å². The van der Waals surface area contributed by atoms with Gasteiger partial charge >= 0.3 is 7.97 Å². The molecule has 0 saturated heterocycles. The van der Waals surface area contributed by atoms with Gasteiger partial charge in [-0.25, -0.2) is 4.39 Å². The Kier molecular flexibility index (Phi) is 2.90. The van der Waals surface area contributed by atoms with Crippen LogP contribution in [0.3, 0.4) is 0 Å². The van der Waals surface area contributed by atoms with Gasteiger partial charge in [-0.3, -0.25) is 0 Å². The molecule has 0 amide bonds. The average Bonchev–Trinajstić information content (AvgIpc) is 1.25. The zero-order chi connectivity index (χ0) is 7.00. The standard InChI is InChI=1S/C2BrClF3I/c3-1(5,6)2(4,7)8/t2-/m1/s1. The molecule has 1 atom stereocenters. The average molecular weight is 323 g/mol. The topological polar surface area (TPSA) is 0 Å². The molecule has 0 aliphatic carbocycles. The van der Waals surface area contributed by atoms with E-state index in [0.717, 1.165) is 22.6 Å². The zero-order valence-electron chi connectivity index (χ0n) is 3.27. The van der Waals surface area contributed by atoms with E-state index < -0.39 is 7.97 Å². The van der Waals surface area contributed by atoms with Crippen molar-refractivity contribution in [3.05, 3.63) is 0 Å². The Labute approximate surface area is 71.0 Å². The SMILES string of the molecule is FC(F)(Br)[C@](F)(Cl)I. The van der Waals surface area contributed by atoms with Gasteiger partial charge in [-0.1, -0.05) is 11.6 Å². The molecule has 8 heavy (non-hydrogen) atoms. The van der Waals surface area contributed by atoms with E-state index in [9.17, 15) is 13.2 Å². The van der Waals surface area contributed by atoms with E-state index >= 15 is 0 Å². The quantitative estimate of drug-likeness (QED) is 0.513. The van der Waals surface area contributed by atoms with E-state index in [0.29, 0.717) is 0 Å². The number of hydrogen-bond acceptors (Lipinski definition) is 0. The van der Waals surface area contributed by atoms with Gasteiger partial charge in [0.15, 0.2) is 0 Å².